The zero-order valence-corrected chi connectivity index (χ0v) is 17.3. The van der Waals surface area contributed by atoms with E-state index in [1.54, 1.807) is 28.1 Å². The van der Waals surface area contributed by atoms with Crippen LogP contribution in [0.2, 0.25) is 0 Å². The molecule has 2 heterocycles. The van der Waals surface area contributed by atoms with Gasteiger partial charge in [0.25, 0.3) is 0 Å². The Hall–Kier alpha value is -2.58. The van der Waals surface area contributed by atoms with Crippen LogP contribution in [0, 0.1) is 5.82 Å². The Kier molecular flexibility index (Phi) is 6.76. The van der Waals surface area contributed by atoms with Crippen LogP contribution >= 0.6 is 0 Å². The lowest BCUT2D eigenvalue weighted by Crippen LogP contribution is -2.44. The summed E-state index contributed by atoms with van der Waals surface area (Å²) in [5.74, 6) is 0.162. The van der Waals surface area contributed by atoms with Crippen LogP contribution in [0.25, 0.3) is 11.1 Å². The van der Waals surface area contributed by atoms with Crippen molar-refractivity contribution in [3.63, 3.8) is 0 Å². The highest BCUT2D eigenvalue weighted by molar-refractivity contribution is 5.77. The summed E-state index contributed by atoms with van der Waals surface area (Å²) in [4.78, 5) is 25.1. The van der Waals surface area contributed by atoms with Gasteiger partial charge in [0.05, 0.1) is 24.9 Å². The summed E-state index contributed by atoms with van der Waals surface area (Å²) >= 11 is 0. The van der Waals surface area contributed by atoms with Crippen LogP contribution in [0.1, 0.15) is 25.6 Å². The SMILES string of the molecule is CC(C)OCC(=O)N1CCO[C@H](c2nc(N(C)C)ncc2-c2ccc(F)cc2)C1. The van der Waals surface area contributed by atoms with Crippen LogP contribution in [0.15, 0.2) is 30.5 Å². The second-order valence-electron chi connectivity index (χ2n) is 7.43. The van der Waals surface area contributed by atoms with Gasteiger partial charge >= 0.3 is 0 Å². The maximum Gasteiger partial charge on any atom is 0.248 e. The van der Waals surface area contributed by atoms with Gasteiger partial charge in [0.15, 0.2) is 0 Å². The first-order valence-electron chi connectivity index (χ1n) is 9.66. The summed E-state index contributed by atoms with van der Waals surface area (Å²) in [7, 11) is 3.72. The molecule has 0 aliphatic carbocycles. The predicted octanol–water partition coefficient (Wildman–Crippen LogP) is 2.67. The van der Waals surface area contributed by atoms with Gasteiger partial charge in [-0.2, -0.15) is 0 Å². The van der Waals surface area contributed by atoms with E-state index >= 15 is 0 Å². The zero-order valence-electron chi connectivity index (χ0n) is 17.3. The molecule has 3 rings (SSSR count). The number of carbonyl (C=O) groups excluding carboxylic acids is 1. The molecule has 156 valence electrons. The fourth-order valence-electron chi connectivity index (χ4n) is 3.07. The average molecular weight is 402 g/mol. The molecule has 29 heavy (non-hydrogen) atoms. The Bertz CT molecular complexity index is 842. The van der Waals surface area contributed by atoms with Crippen molar-refractivity contribution in [3.8, 4) is 11.1 Å². The molecule has 7 nitrogen and oxygen atoms in total. The van der Waals surface area contributed by atoms with Gasteiger partial charge in [-0.15, -0.1) is 0 Å². The van der Waals surface area contributed by atoms with Gasteiger partial charge in [-0.3, -0.25) is 4.79 Å². The van der Waals surface area contributed by atoms with E-state index in [-0.39, 0.29) is 24.4 Å². The van der Waals surface area contributed by atoms with Crippen molar-refractivity contribution in [1.82, 2.24) is 14.9 Å². The lowest BCUT2D eigenvalue weighted by atomic mass is 10.0. The number of ether oxygens (including phenoxy) is 2. The first-order valence-corrected chi connectivity index (χ1v) is 9.66. The number of halogens is 1. The van der Waals surface area contributed by atoms with Gasteiger partial charge in [0.1, 0.15) is 18.5 Å². The Labute approximate surface area is 170 Å². The molecule has 1 aromatic carbocycles. The average Bonchev–Trinajstić information content (AvgIpc) is 2.72. The van der Waals surface area contributed by atoms with Crippen molar-refractivity contribution in [3.05, 3.63) is 42.0 Å². The first kappa shape index (κ1) is 21.1. The monoisotopic (exact) mass is 402 g/mol. The van der Waals surface area contributed by atoms with Crippen molar-refractivity contribution in [2.45, 2.75) is 26.1 Å². The highest BCUT2D eigenvalue weighted by Crippen LogP contribution is 2.31. The van der Waals surface area contributed by atoms with Crippen LogP contribution in [0.3, 0.4) is 0 Å². The summed E-state index contributed by atoms with van der Waals surface area (Å²) in [6.45, 7) is 5.12. The maximum absolute atomic E-state index is 13.4. The number of hydrogen-bond acceptors (Lipinski definition) is 6. The molecule has 8 heteroatoms. The first-order chi connectivity index (χ1) is 13.8. The lowest BCUT2D eigenvalue weighted by molar-refractivity contribution is -0.145. The smallest absolute Gasteiger partial charge is 0.248 e. The van der Waals surface area contributed by atoms with E-state index in [0.29, 0.717) is 31.3 Å². The molecule has 1 aliphatic rings. The number of aromatic nitrogens is 2. The minimum absolute atomic E-state index is 0.00891. The second-order valence-corrected chi connectivity index (χ2v) is 7.43. The van der Waals surface area contributed by atoms with E-state index < -0.39 is 6.10 Å². The number of amides is 1. The van der Waals surface area contributed by atoms with E-state index in [4.69, 9.17) is 9.47 Å². The van der Waals surface area contributed by atoms with E-state index in [9.17, 15) is 9.18 Å². The van der Waals surface area contributed by atoms with E-state index in [1.165, 1.54) is 12.1 Å². The van der Waals surface area contributed by atoms with Gasteiger partial charge in [0, 0.05) is 32.4 Å². The minimum atomic E-state index is -0.409. The van der Waals surface area contributed by atoms with Gasteiger partial charge in [-0.1, -0.05) is 12.1 Å². The molecule has 0 N–H and O–H groups in total. The molecule has 2 aromatic rings. The van der Waals surface area contributed by atoms with Gasteiger partial charge < -0.3 is 19.3 Å². The number of rotatable bonds is 6. The molecule has 0 unspecified atom stereocenters. The van der Waals surface area contributed by atoms with Crippen LogP contribution < -0.4 is 4.90 Å². The van der Waals surface area contributed by atoms with Crippen LogP contribution in [-0.4, -0.2) is 67.3 Å². The van der Waals surface area contributed by atoms with Gasteiger partial charge in [-0.05, 0) is 31.5 Å². The number of carbonyl (C=O) groups is 1. The lowest BCUT2D eigenvalue weighted by Gasteiger charge is -2.33. The number of benzene rings is 1. The molecule has 1 aromatic heterocycles. The largest absolute Gasteiger partial charge is 0.369 e. The molecule has 0 bridgehead atoms. The third-order valence-corrected chi connectivity index (χ3v) is 4.63. The molecule has 0 saturated carbocycles. The van der Waals surface area contributed by atoms with Crippen molar-refractivity contribution in [2.75, 3.05) is 45.3 Å². The summed E-state index contributed by atoms with van der Waals surface area (Å²) in [5.41, 5.74) is 2.23. The summed E-state index contributed by atoms with van der Waals surface area (Å²) in [6, 6.07) is 6.18. The maximum atomic E-state index is 13.4. The van der Waals surface area contributed by atoms with Crippen LogP contribution in [-0.2, 0) is 14.3 Å². The predicted molar refractivity (Wildman–Crippen MR) is 108 cm³/mol. The van der Waals surface area contributed by atoms with E-state index in [1.807, 2.05) is 27.9 Å². The fraction of sp³-hybridized carbons (Fsp3) is 0.476. The van der Waals surface area contributed by atoms with Gasteiger partial charge in [-0.25, -0.2) is 14.4 Å². The number of hydrogen-bond donors (Lipinski definition) is 0. The third kappa shape index (κ3) is 5.27. The van der Waals surface area contributed by atoms with Crippen molar-refractivity contribution in [1.29, 1.82) is 0 Å². The Morgan fingerprint density at radius 2 is 2.07 bits per heavy atom. The van der Waals surface area contributed by atoms with E-state index in [0.717, 1.165) is 11.1 Å². The minimum Gasteiger partial charge on any atom is -0.369 e. The standard InChI is InChI=1S/C21H27FN4O3/c1-14(2)29-13-19(27)26-9-10-28-18(12-26)20-17(11-23-21(24-20)25(3)4)15-5-7-16(22)8-6-15/h5-8,11,14,18H,9-10,12-13H2,1-4H3/t18-/m0/s1. The molecule has 1 aliphatic heterocycles. The quantitative estimate of drug-likeness (QED) is 0.740. The topological polar surface area (TPSA) is 67.8 Å². The fourth-order valence-corrected chi connectivity index (χ4v) is 3.07. The second kappa shape index (κ2) is 9.28. The van der Waals surface area contributed by atoms with Crippen molar-refractivity contribution >= 4 is 11.9 Å². The molecule has 0 spiro atoms. The van der Waals surface area contributed by atoms with Crippen LogP contribution in [0.4, 0.5) is 10.3 Å². The molecule has 1 amide bonds. The van der Waals surface area contributed by atoms with Crippen molar-refractivity contribution in [2.24, 2.45) is 0 Å². The molecule has 1 atom stereocenters. The van der Waals surface area contributed by atoms with Crippen LogP contribution in [0.5, 0.6) is 0 Å². The zero-order chi connectivity index (χ0) is 21.0. The third-order valence-electron chi connectivity index (χ3n) is 4.63. The molecule has 0 radical (unpaired) electrons. The summed E-state index contributed by atoms with van der Waals surface area (Å²) < 4.78 is 24.8. The highest BCUT2D eigenvalue weighted by Gasteiger charge is 2.29. The summed E-state index contributed by atoms with van der Waals surface area (Å²) in [5, 5.41) is 0. The number of nitrogens with zero attached hydrogens (tertiary/aromatic N) is 4. The molecular formula is C21H27FN4O3. The molecule has 1 fully saturated rings. The number of anilines is 1. The van der Waals surface area contributed by atoms with Crippen molar-refractivity contribution < 1.29 is 18.7 Å². The highest BCUT2D eigenvalue weighted by atomic mass is 19.1. The van der Waals surface area contributed by atoms with E-state index in [2.05, 4.69) is 9.97 Å². The molecular weight excluding hydrogens is 375 g/mol. The van der Waals surface area contributed by atoms with Gasteiger partial charge in [0.2, 0.25) is 11.9 Å². The molecule has 1 saturated heterocycles. The Balaban J connectivity index is 1.89. The Morgan fingerprint density at radius 1 is 1.34 bits per heavy atom. The number of morpholine rings is 1. The Morgan fingerprint density at radius 3 is 2.72 bits per heavy atom. The normalized spacial score (nSPS) is 16.9. The summed E-state index contributed by atoms with van der Waals surface area (Å²) in [6.07, 6.45) is 1.30.